The summed E-state index contributed by atoms with van der Waals surface area (Å²) in [7, 11) is 0. The number of hydrogen-bond acceptors (Lipinski definition) is 12. The van der Waals surface area contributed by atoms with Crippen LogP contribution in [0.5, 0.6) is 0 Å². The van der Waals surface area contributed by atoms with E-state index in [0.29, 0.717) is 0 Å². The lowest BCUT2D eigenvalue weighted by Gasteiger charge is -2.32. The summed E-state index contributed by atoms with van der Waals surface area (Å²) in [5.74, 6) is -2.75. The summed E-state index contributed by atoms with van der Waals surface area (Å²) in [6.45, 7) is -2.20. The van der Waals surface area contributed by atoms with Gasteiger partial charge in [0.05, 0.1) is 16.7 Å². The Bertz CT molecular complexity index is 1230. The second kappa shape index (κ2) is 14.1. The molecule has 41 heavy (non-hydrogen) atoms. The van der Waals surface area contributed by atoms with E-state index in [1.54, 1.807) is 30.3 Å². The molecule has 0 spiro atoms. The van der Waals surface area contributed by atoms with E-state index in [0.717, 1.165) is 0 Å². The summed E-state index contributed by atoms with van der Waals surface area (Å²) in [5.41, 5.74) is -1.09. The first kappa shape index (κ1) is 28.6. The van der Waals surface area contributed by atoms with E-state index in [1.165, 1.54) is 67.8 Å². The minimum atomic E-state index is -1.79. The van der Waals surface area contributed by atoms with Gasteiger partial charge in [-0.1, -0.05) is 0 Å². The number of ether oxygens (including phenoxy) is 4. The smallest absolute Gasteiger partial charge is 0.339 e. The van der Waals surface area contributed by atoms with Gasteiger partial charge >= 0.3 is 17.9 Å². The zero-order valence-corrected chi connectivity index (χ0v) is 21.6. The van der Waals surface area contributed by atoms with E-state index in [4.69, 9.17) is 18.9 Å². The molecule has 0 bridgehead atoms. The van der Waals surface area contributed by atoms with Gasteiger partial charge in [-0.2, -0.15) is 0 Å². The molecule has 0 amide bonds. The van der Waals surface area contributed by atoms with E-state index in [-0.39, 0.29) is 22.3 Å². The highest BCUT2D eigenvalue weighted by Crippen LogP contribution is 2.19. The number of ketones is 1. The number of hydrogen-bond donors (Lipinski definition) is 0. The van der Waals surface area contributed by atoms with Crippen molar-refractivity contribution in [3.63, 3.8) is 0 Å². The third kappa shape index (κ3) is 8.31. The Balaban J connectivity index is 1.58. The van der Waals surface area contributed by atoms with Crippen molar-refractivity contribution in [3.05, 3.63) is 120 Å². The number of aromatic nitrogens is 4. The molecule has 0 fully saturated rings. The molecule has 0 atom stereocenters. The molecule has 0 aromatic carbocycles. The van der Waals surface area contributed by atoms with Crippen LogP contribution in [0, 0.1) is 0 Å². The van der Waals surface area contributed by atoms with Crippen LogP contribution in [0.25, 0.3) is 0 Å². The number of esters is 3. The standard InChI is InChI=1S/C29H24N4O8/c34-25(21-5-1-9-30-13-21)17-41-29(18-38-26(35)22-6-2-10-31-14-22,19-39-27(36)23-7-3-11-32-15-23)20-40-28(37)24-8-4-12-33-16-24/h1-16H,17-20H2. The van der Waals surface area contributed by atoms with Gasteiger partial charge < -0.3 is 18.9 Å². The van der Waals surface area contributed by atoms with Gasteiger partial charge in [0.15, 0.2) is 11.4 Å². The number of rotatable bonds is 13. The number of nitrogens with zero attached hydrogens (tertiary/aromatic N) is 4. The Morgan fingerprint density at radius 2 is 0.878 bits per heavy atom. The first-order valence-corrected chi connectivity index (χ1v) is 12.2. The van der Waals surface area contributed by atoms with Crippen LogP contribution >= 0.6 is 0 Å². The maximum Gasteiger partial charge on any atom is 0.339 e. The van der Waals surface area contributed by atoms with Crippen LogP contribution in [0.2, 0.25) is 0 Å². The van der Waals surface area contributed by atoms with Crippen LogP contribution in [0.15, 0.2) is 98.1 Å². The molecular formula is C29H24N4O8. The summed E-state index contributed by atoms with van der Waals surface area (Å²) in [5, 5.41) is 0. The van der Waals surface area contributed by atoms with Gasteiger partial charge in [-0.3, -0.25) is 24.7 Å². The first-order chi connectivity index (χ1) is 20.0. The van der Waals surface area contributed by atoms with Crippen molar-refractivity contribution in [3.8, 4) is 0 Å². The molecule has 0 saturated heterocycles. The molecule has 0 aliphatic rings. The highest BCUT2D eigenvalue weighted by Gasteiger charge is 2.38. The fourth-order valence-corrected chi connectivity index (χ4v) is 3.37. The molecule has 12 nitrogen and oxygen atoms in total. The second-order valence-corrected chi connectivity index (χ2v) is 8.59. The molecule has 4 heterocycles. The average Bonchev–Trinajstić information content (AvgIpc) is 3.05. The maximum absolute atomic E-state index is 12.9. The van der Waals surface area contributed by atoms with Crippen molar-refractivity contribution in [1.82, 2.24) is 19.9 Å². The highest BCUT2D eigenvalue weighted by atomic mass is 16.6. The van der Waals surface area contributed by atoms with Crippen LogP contribution in [-0.4, -0.2) is 75.7 Å². The number of pyridine rings is 4. The molecule has 12 heteroatoms. The fraction of sp³-hybridized carbons (Fsp3) is 0.172. The van der Waals surface area contributed by atoms with Crippen molar-refractivity contribution in [2.75, 3.05) is 26.4 Å². The summed E-state index contributed by atoms with van der Waals surface area (Å²) in [6, 6.07) is 12.3. The highest BCUT2D eigenvalue weighted by molar-refractivity contribution is 5.96. The first-order valence-electron chi connectivity index (χ1n) is 12.2. The molecule has 0 N–H and O–H groups in total. The molecular weight excluding hydrogens is 532 g/mol. The lowest BCUT2D eigenvalue weighted by molar-refractivity contribution is -0.132. The normalized spacial score (nSPS) is 10.8. The summed E-state index contributed by atoms with van der Waals surface area (Å²) in [4.78, 5) is 66.7. The fourth-order valence-electron chi connectivity index (χ4n) is 3.37. The third-order valence-corrected chi connectivity index (χ3v) is 5.58. The van der Waals surface area contributed by atoms with Crippen molar-refractivity contribution >= 4 is 23.7 Å². The van der Waals surface area contributed by atoms with Gasteiger partial charge in [0.2, 0.25) is 0 Å². The molecule has 0 aliphatic heterocycles. The SMILES string of the molecule is O=C(COC(COC(=O)c1cccnc1)(COC(=O)c1cccnc1)COC(=O)c1cccnc1)c1cccnc1. The zero-order valence-electron chi connectivity index (χ0n) is 21.6. The topological polar surface area (TPSA) is 157 Å². The molecule has 208 valence electrons. The van der Waals surface area contributed by atoms with Gasteiger partial charge in [-0.25, -0.2) is 14.4 Å². The van der Waals surface area contributed by atoms with Crippen LogP contribution < -0.4 is 0 Å². The number of carbonyl (C=O) groups is 4. The Hall–Kier alpha value is -5.36. The van der Waals surface area contributed by atoms with Crippen molar-refractivity contribution < 1.29 is 38.1 Å². The predicted octanol–water partition coefficient (Wildman–Crippen LogP) is 2.78. The molecule has 0 saturated carbocycles. The minimum Gasteiger partial charge on any atom is -0.459 e. The van der Waals surface area contributed by atoms with E-state index in [1.807, 2.05) is 0 Å². The molecule has 4 rings (SSSR count). The maximum atomic E-state index is 12.9. The Kier molecular flexibility index (Phi) is 9.88. The van der Waals surface area contributed by atoms with E-state index in [2.05, 4.69) is 19.9 Å². The third-order valence-electron chi connectivity index (χ3n) is 5.58. The van der Waals surface area contributed by atoms with Crippen LogP contribution in [-0.2, 0) is 18.9 Å². The average molecular weight is 557 g/mol. The summed E-state index contributed by atoms with van der Waals surface area (Å²) >= 11 is 0. The lowest BCUT2D eigenvalue weighted by atomic mass is 10.1. The van der Waals surface area contributed by atoms with Gasteiger partial charge in [-0.05, 0) is 48.5 Å². The van der Waals surface area contributed by atoms with Crippen molar-refractivity contribution in [1.29, 1.82) is 0 Å². The van der Waals surface area contributed by atoms with Gasteiger partial charge in [0, 0.05) is 55.1 Å². The molecule has 0 aliphatic carbocycles. The largest absolute Gasteiger partial charge is 0.459 e. The van der Waals surface area contributed by atoms with Gasteiger partial charge in [0.1, 0.15) is 26.4 Å². The van der Waals surface area contributed by atoms with E-state index < -0.39 is 55.7 Å². The Morgan fingerprint density at radius 1 is 0.537 bits per heavy atom. The Labute approximate surface area is 234 Å². The molecule has 0 unspecified atom stereocenters. The monoisotopic (exact) mass is 556 g/mol. The zero-order chi connectivity index (χ0) is 28.9. The molecule has 4 aromatic heterocycles. The summed E-state index contributed by atoms with van der Waals surface area (Å²) in [6.07, 6.45) is 11.3. The Morgan fingerprint density at radius 3 is 1.20 bits per heavy atom. The molecule has 0 radical (unpaired) electrons. The number of carbonyl (C=O) groups excluding carboxylic acids is 4. The quantitative estimate of drug-likeness (QED) is 0.135. The lowest BCUT2D eigenvalue weighted by Crippen LogP contribution is -2.49. The van der Waals surface area contributed by atoms with Gasteiger partial charge in [-0.15, -0.1) is 0 Å². The second-order valence-electron chi connectivity index (χ2n) is 8.59. The minimum absolute atomic E-state index is 0.146. The van der Waals surface area contributed by atoms with Crippen LogP contribution in [0.4, 0.5) is 0 Å². The van der Waals surface area contributed by atoms with Crippen LogP contribution in [0.1, 0.15) is 41.4 Å². The predicted molar refractivity (Wildman–Crippen MR) is 141 cm³/mol. The van der Waals surface area contributed by atoms with Crippen LogP contribution in [0.3, 0.4) is 0 Å². The van der Waals surface area contributed by atoms with Gasteiger partial charge in [0.25, 0.3) is 0 Å². The number of Topliss-reactive ketones (excluding diaryl/α,β-unsaturated/α-hetero) is 1. The molecule has 4 aromatic rings. The van der Waals surface area contributed by atoms with Crippen molar-refractivity contribution in [2.24, 2.45) is 0 Å². The van der Waals surface area contributed by atoms with E-state index >= 15 is 0 Å². The van der Waals surface area contributed by atoms with E-state index in [9.17, 15) is 19.2 Å². The summed E-state index contributed by atoms with van der Waals surface area (Å²) < 4.78 is 22.4. The van der Waals surface area contributed by atoms with Crippen molar-refractivity contribution in [2.45, 2.75) is 5.60 Å².